The summed E-state index contributed by atoms with van der Waals surface area (Å²) in [6, 6.07) is 8.38. The Morgan fingerprint density at radius 3 is 2.85 bits per heavy atom. The molecular weight excluding hydrogens is 160 g/mol. The Kier molecular flexibility index (Phi) is 2.13. The molecule has 13 heavy (non-hydrogen) atoms. The summed E-state index contributed by atoms with van der Waals surface area (Å²) in [7, 11) is 0. The number of aromatic nitrogens is 2. The van der Waals surface area contributed by atoms with Crippen molar-refractivity contribution in [3.8, 4) is 5.69 Å². The molecule has 0 saturated heterocycles. The maximum Gasteiger partial charge on any atom is 0.0991 e. The second-order valence-electron chi connectivity index (χ2n) is 2.95. The summed E-state index contributed by atoms with van der Waals surface area (Å²) in [5.41, 5.74) is 2.57. The van der Waals surface area contributed by atoms with E-state index in [1.54, 1.807) is 6.20 Å². The van der Waals surface area contributed by atoms with Gasteiger partial charge in [0.25, 0.3) is 0 Å². The summed E-state index contributed by atoms with van der Waals surface area (Å²) < 4.78 is 2.04. The van der Waals surface area contributed by atoms with Crippen LogP contribution in [0.3, 0.4) is 0 Å². The number of imidazole rings is 1. The maximum atomic E-state index is 4.04. The van der Waals surface area contributed by atoms with Crippen LogP contribution in [0.15, 0.2) is 43.0 Å². The van der Waals surface area contributed by atoms with Crippen molar-refractivity contribution >= 4 is 0 Å². The molecule has 0 unspecified atom stereocenters. The van der Waals surface area contributed by atoms with Crippen LogP contribution < -0.4 is 0 Å². The van der Waals surface area contributed by atoms with Crippen LogP contribution in [-0.4, -0.2) is 9.55 Å². The highest BCUT2D eigenvalue weighted by Gasteiger charge is 1.99. The van der Waals surface area contributed by atoms with Crippen molar-refractivity contribution in [1.82, 2.24) is 9.55 Å². The Hall–Kier alpha value is -1.57. The third-order valence-electron chi connectivity index (χ3n) is 2.16. The molecule has 2 rings (SSSR count). The standard InChI is InChI=1S/C11H12N2/c1-2-10-5-3-4-6-11(10)13-8-7-12-9-13/h3-9H,2H2,1H3. The van der Waals surface area contributed by atoms with Crippen molar-refractivity contribution in [3.05, 3.63) is 48.5 Å². The van der Waals surface area contributed by atoms with Gasteiger partial charge in [-0.05, 0) is 18.1 Å². The lowest BCUT2D eigenvalue weighted by molar-refractivity contribution is 1.00. The van der Waals surface area contributed by atoms with Gasteiger partial charge >= 0.3 is 0 Å². The highest BCUT2D eigenvalue weighted by atomic mass is 15.0. The molecule has 1 aromatic heterocycles. The highest BCUT2D eigenvalue weighted by Crippen LogP contribution is 2.13. The summed E-state index contributed by atoms with van der Waals surface area (Å²) in [6.45, 7) is 2.16. The molecule has 0 spiro atoms. The Morgan fingerprint density at radius 1 is 1.31 bits per heavy atom. The van der Waals surface area contributed by atoms with E-state index in [0.717, 1.165) is 6.42 Å². The summed E-state index contributed by atoms with van der Waals surface area (Å²) in [5, 5.41) is 0. The number of nitrogens with zero attached hydrogens (tertiary/aromatic N) is 2. The molecule has 1 aromatic carbocycles. The van der Waals surface area contributed by atoms with Crippen molar-refractivity contribution in [3.63, 3.8) is 0 Å². The van der Waals surface area contributed by atoms with Gasteiger partial charge in [-0.3, -0.25) is 0 Å². The zero-order valence-corrected chi connectivity index (χ0v) is 7.64. The monoisotopic (exact) mass is 172 g/mol. The molecule has 2 aromatic rings. The quantitative estimate of drug-likeness (QED) is 0.680. The number of para-hydroxylation sites is 1. The summed E-state index contributed by atoms with van der Waals surface area (Å²) in [6.07, 6.45) is 6.64. The number of hydrogen-bond donors (Lipinski definition) is 0. The van der Waals surface area contributed by atoms with Crippen molar-refractivity contribution in [2.75, 3.05) is 0 Å². The van der Waals surface area contributed by atoms with E-state index < -0.39 is 0 Å². The fourth-order valence-corrected chi connectivity index (χ4v) is 1.46. The molecule has 0 atom stereocenters. The predicted octanol–water partition coefficient (Wildman–Crippen LogP) is 2.43. The van der Waals surface area contributed by atoms with Crippen molar-refractivity contribution in [2.24, 2.45) is 0 Å². The molecule has 0 N–H and O–H groups in total. The van der Waals surface area contributed by atoms with Gasteiger partial charge in [-0.2, -0.15) is 0 Å². The Balaban J connectivity index is 2.51. The van der Waals surface area contributed by atoms with Gasteiger partial charge in [0.05, 0.1) is 6.33 Å². The fourth-order valence-electron chi connectivity index (χ4n) is 1.46. The highest BCUT2D eigenvalue weighted by molar-refractivity contribution is 5.40. The fraction of sp³-hybridized carbons (Fsp3) is 0.182. The van der Waals surface area contributed by atoms with Crippen LogP contribution in [-0.2, 0) is 6.42 Å². The molecule has 0 aliphatic rings. The lowest BCUT2D eigenvalue weighted by Crippen LogP contribution is -1.95. The second-order valence-corrected chi connectivity index (χ2v) is 2.95. The van der Waals surface area contributed by atoms with E-state index in [1.807, 2.05) is 17.1 Å². The molecule has 0 saturated carbocycles. The molecule has 0 radical (unpaired) electrons. The van der Waals surface area contributed by atoms with E-state index in [2.05, 4.69) is 36.2 Å². The van der Waals surface area contributed by atoms with Crippen LogP contribution in [0.2, 0.25) is 0 Å². The normalized spacial score (nSPS) is 10.2. The molecule has 0 aliphatic carbocycles. The van der Waals surface area contributed by atoms with Crippen molar-refractivity contribution < 1.29 is 0 Å². The molecule has 0 aliphatic heterocycles. The predicted molar refractivity (Wildman–Crippen MR) is 52.9 cm³/mol. The minimum atomic E-state index is 1.05. The first-order valence-corrected chi connectivity index (χ1v) is 4.48. The molecule has 66 valence electrons. The van der Waals surface area contributed by atoms with Gasteiger partial charge in [0.2, 0.25) is 0 Å². The van der Waals surface area contributed by atoms with Gasteiger partial charge in [0, 0.05) is 18.1 Å². The smallest absolute Gasteiger partial charge is 0.0991 e. The third kappa shape index (κ3) is 1.47. The van der Waals surface area contributed by atoms with E-state index in [-0.39, 0.29) is 0 Å². The van der Waals surface area contributed by atoms with E-state index in [9.17, 15) is 0 Å². The summed E-state index contributed by atoms with van der Waals surface area (Å²) in [5.74, 6) is 0. The lowest BCUT2D eigenvalue weighted by atomic mass is 10.1. The maximum absolute atomic E-state index is 4.04. The molecule has 1 heterocycles. The van der Waals surface area contributed by atoms with Gasteiger partial charge in [0.15, 0.2) is 0 Å². The zero-order chi connectivity index (χ0) is 9.10. The first-order chi connectivity index (χ1) is 6.42. The average Bonchev–Trinajstić information content (AvgIpc) is 2.70. The van der Waals surface area contributed by atoms with Crippen LogP contribution in [0.25, 0.3) is 5.69 Å². The summed E-state index contributed by atoms with van der Waals surface area (Å²) in [4.78, 5) is 4.04. The topological polar surface area (TPSA) is 17.8 Å². The van der Waals surface area contributed by atoms with Crippen molar-refractivity contribution in [2.45, 2.75) is 13.3 Å². The third-order valence-corrected chi connectivity index (χ3v) is 2.16. The first kappa shape index (κ1) is 8.05. The van der Waals surface area contributed by atoms with Crippen LogP contribution in [0.5, 0.6) is 0 Å². The molecule has 0 bridgehead atoms. The van der Waals surface area contributed by atoms with Gasteiger partial charge < -0.3 is 4.57 Å². The minimum absolute atomic E-state index is 1.05. The first-order valence-electron chi connectivity index (χ1n) is 4.48. The van der Waals surface area contributed by atoms with Gasteiger partial charge in [-0.1, -0.05) is 25.1 Å². The molecular formula is C11H12N2. The van der Waals surface area contributed by atoms with Crippen molar-refractivity contribution in [1.29, 1.82) is 0 Å². The summed E-state index contributed by atoms with van der Waals surface area (Å²) >= 11 is 0. The molecule has 2 nitrogen and oxygen atoms in total. The molecule has 0 fully saturated rings. The van der Waals surface area contributed by atoms with Gasteiger partial charge in [-0.15, -0.1) is 0 Å². The van der Waals surface area contributed by atoms with Crippen LogP contribution in [0.1, 0.15) is 12.5 Å². The number of aryl methyl sites for hydroxylation is 1. The number of hydrogen-bond acceptors (Lipinski definition) is 1. The van der Waals surface area contributed by atoms with E-state index >= 15 is 0 Å². The zero-order valence-electron chi connectivity index (χ0n) is 7.64. The Morgan fingerprint density at radius 2 is 2.15 bits per heavy atom. The molecule has 2 heteroatoms. The minimum Gasteiger partial charge on any atom is -0.306 e. The largest absolute Gasteiger partial charge is 0.306 e. The lowest BCUT2D eigenvalue weighted by Gasteiger charge is -2.07. The van der Waals surface area contributed by atoms with E-state index in [4.69, 9.17) is 0 Å². The van der Waals surface area contributed by atoms with Crippen LogP contribution in [0.4, 0.5) is 0 Å². The average molecular weight is 172 g/mol. The second kappa shape index (κ2) is 3.44. The van der Waals surface area contributed by atoms with Crippen LogP contribution >= 0.6 is 0 Å². The SMILES string of the molecule is CCc1ccccc1-n1ccnc1. The number of benzene rings is 1. The van der Waals surface area contributed by atoms with Crippen LogP contribution in [0, 0.1) is 0 Å². The number of rotatable bonds is 2. The van der Waals surface area contributed by atoms with E-state index in [1.165, 1.54) is 11.3 Å². The molecule has 0 amide bonds. The van der Waals surface area contributed by atoms with Gasteiger partial charge in [0.1, 0.15) is 0 Å². The van der Waals surface area contributed by atoms with E-state index in [0.29, 0.717) is 0 Å². The Labute approximate surface area is 77.9 Å². The Bertz CT molecular complexity index is 377. The van der Waals surface area contributed by atoms with Gasteiger partial charge in [-0.25, -0.2) is 4.98 Å².